The molecule has 4 N–H and O–H groups in total. The maximum atomic E-state index is 11.6. The molecule has 5 heteroatoms. The first-order chi connectivity index (χ1) is 8.45. The second kappa shape index (κ2) is 5.84. The van der Waals surface area contributed by atoms with E-state index in [9.17, 15) is 9.59 Å². The fourth-order valence-corrected chi connectivity index (χ4v) is 1.44. The van der Waals surface area contributed by atoms with Crippen LogP contribution in [0.5, 0.6) is 0 Å². The number of aryl methyl sites for hydroxylation is 1. The van der Waals surface area contributed by atoms with E-state index in [1.165, 1.54) is 12.1 Å². The first-order valence-electron chi connectivity index (χ1n) is 5.29. The molecule has 0 radical (unpaired) electrons. The topological polar surface area (TPSA) is 92.4 Å². The Morgan fingerprint density at radius 1 is 1.56 bits per heavy atom. The highest BCUT2D eigenvalue weighted by molar-refractivity contribution is 5.96. The third kappa shape index (κ3) is 3.34. The molecule has 1 rings (SSSR count). The zero-order valence-corrected chi connectivity index (χ0v) is 9.93. The van der Waals surface area contributed by atoms with Crippen molar-refractivity contribution in [1.29, 1.82) is 0 Å². The van der Waals surface area contributed by atoms with Crippen LogP contribution in [0.1, 0.15) is 22.3 Å². The van der Waals surface area contributed by atoms with Crippen LogP contribution in [-0.2, 0) is 4.79 Å². The molecule has 0 heterocycles. The lowest BCUT2D eigenvalue weighted by atomic mass is 10.1. The van der Waals surface area contributed by atoms with Crippen molar-refractivity contribution >= 4 is 17.6 Å². The van der Waals surface area contributed by atoms with Gasteiger partial charge in [-0.15, -0.1) is 12.3 Å². The molecule has 18 heavy (non-hydrogen) atoms. The molecule has 1 aromatic carbocycles. The van der Waals surface area contributed by atoms with Crippen LogP contribution in [0.3, 0.4) is 0 Å². The van der Waals surface area contributed by atoms with Gasteiger partial charge in [-0.05, 0) is 30.7 Å². The van der Waals surface area contributed by atoms with Gasteiger partial charge in [0.05, 0.1) is 11.6 Å². The van der Waals surface area contributed by atoms with E-state index in [0.717, 1.165) is 0 Å². The molecule has 1 unspecified atom stereocenters. The van der Waals surface area contributed by atoms with Crippen LogP contribution < -0.4 is 11.1 Å². The molecular weight excluding hydrogens is 232 g/mol. The number of carboxylic acid groups (broad SMARTS) is 1. The van der Waals surface area contributed by atoms with Gasteiger partial charge in [-0.25, -0.2) is 4.79 Å². The molecule has 0 aliphatic carbocycles. The molecule has 0 fully saturated rings. The van der Waals surface area contributed by atoms with Crippen LogP contribution in [0.25, 0.3) is 0 Å². The number of nitrogens with two attached hydrogens (primary N) is 1. The van der Waals surface area contributed by atoms with Gasteiger partial charge in [0, 0.05) is 12.1 Å². The Hall–Kier alpha value is -2.32. The fraction of sp³-hybridized carbons (Fsp3) is 0.231. The maximum Gasteiger partial charge on any atom is 0.335 e. The minimum Gasteiger partial charge on any atom is -0.478 e. The van der Waals surface area contributed by atoms with Crippen molar-refractivity contribution < 1.29 is 14.7 Å². The molecule has 94 valence electrons. The van der Waals surface area contributed by atoms with E-state index in [1.807, 2.05) is 0 Å². The number of rotatable bonds is 4. The van der Waals surface area contributed by atoms with Gasteiger partial charge < -0.3 is 16.2 Å². The number of carbonyl (C=O) groups is 2. The summed E-state index contributed by atoms with van der Waals surface area (Å²) in [6, 6.07) is 3.75. The number of nitrogens with one attached hydrogen (secondary N) is 1. The fourth-order valence-electron chi connectivity index (χ4n) is 1.44. The number of aromatic carboxylic acids is 1. The van der Waals surface area contributed by atoms with Gasteiger partial charge in [0.2, 0.25) is 5.91 Å². The summed E-state index contributed by atoms with van der Waals surface area (Å²) in [5.41, 5.74) is 6.79. The van der Waals surface area contributed by atoms with Crippen LogP contribution in [0.2, 0.25) is 0 Å². The van der Waals surface area contributed by atoms with E-state index >= 15 is 0 Å². The largest absolute Gasteiger partial charge is 0.478 e. The molecule has 0 bridgehead atoms. The highest BCUT2D eigenvalue weighted by Gasteiger charge is 2.13. The number of hydrogen-bond acceptors (Lipinski definition) is 3. The molecule has 0 aliphatic rings. The predicted octanol–water partition coefficient (Wildman–Crippen LogP) is 0.982. The van der Waals surface area contributed by atoms with E-state index in [2.05, 4.69) is 11.2 Å². The highest BCUT2D eigenvalue weighted by atomic mass is 16.4. The first kappa shape index (κ1) is 13.7. The monoisotopic (exact) mass is 246 g/mol. The van der Waals surface area contributed by atoms with Crippen LogP contribution in [0.4, 0.5) is 5.69 Å². The van der Waals surface area contributed by atoms with E-state index in [0.29, 0.717) is 11.3 Å². The minimum atomic E-state index is -1.01. The molecule has 0 aliphatic heterocycles. The number of hydrogen-bond donors (Lipinski definition) is 3. The van der Waals surface area contributed by atoms with E-state index < -0.39 is 17.9 Å². The van der Waals surface area contributed by atoms with Crippen LogP contribution in [0.15, 0.2) is 18.2 Å². The molecule has 0 aromatic heterocycles. The molecule has 0 spiro atoms. The second-order valence-corrected chi connectivity index (χ2v) is 3.84. The Bertz CT molecular complexity index is 517. The zero-order valence-electron chi connectivity index (χ0n) is 9.93. The summed E-state index contributed by atoms with van der Waals surface area (Å²) >= 11 is 0. The molecule has 1 aromatic rings. The molecule has 0 saturated carbocycles. The van der Waals surface area contributed by atoms with Crippen LogP contribution in [-0.4, -0.2) is 23.0 Å². The first-order valence-corrected chi connectivity index (χ1v) is 5.29. The lowest BCUT2D eigenvalue weighted by molar-refractivity contribution is -0.117. The number of terminal acetylenes is 1. The lowest BCUT2D eigenvalue weighted by Crippen LogP contribution is -2.35. The summed E-state index contributed by atoms with van der Waals surface area (Å²) < 4.78 is 0. The van der Waals surface area contributed by atoms with Gasteiger partial charge in [-0.3, -0.25) is 4.79 Å². The van der Waals surface area contributed by atoms with Crippen molar-refractivity contribution in [1.82, 2.24) is 0 Å². The van der Waals surface area contributed by atoms with Gasteiger partial charge in [-0.2, -0.15) is 0 Å². The maximum absolute atomic E-state index is 11.6. The third-order valence-corrected chi connectivity index (χ3v) is 2.40. The molecule has 0 saturated heterocycles. The number of anilines is 1. The number of benzene rings is 1. The third-order valence-electron chi connectivity index (χ3n) is 2.40. The Balaban J connectivity index is 2.81. The summed E-state index contributed by atoms with van der Waals surface area (Å²) in [6.07, 6.45) is 5.21. The van der Waals surface area contributed by atoms with Crippen molar-refractivity contribution in [2.24, 2.45) is 5.73 Å². The van der Waals surface area contributed by atoms with E-state index in [1.54, 1.807) is 13.0 Å². The van der Waals surface area contributed by atoms with Gasteiger partial charge in [0.25, 0.3) is 0 Å². The Morgan fingerprint density at radius 3 is 2.72 bits per heavy atom. The second-order valence-electron chi connectivity index (χ2n) is 3.84. The van der Waals surface area contributed by atoms with Crippen molar-refractivity contribution in [2.75, 3.05) is 5.32 Å². The summed E-state index contributed by atoms with van der Waals surface area (Å²) in [5.74, 6) is 0.908. The summed E-state index contributed by atoms with van der Waals surface area (Å²) in [7, 11) is 0. The zero-order chi connectivity index (χ0) is 13.7. The van der Waals surface area contributed by atoms with Gasteiger partial charge >= 0.3 is 5.97 Å². The standard InChI is InChI=1S/C13H14N2O3/c1-3-4-11(14)12(16)15-9-5-6-10(13(17)18)8(2)7-9/h1,5-7,11H,4,14H2,2H3,(H,15,16)(H,17,18). The van der Waals surface area contributed by atoms with Gasteiger partial charge in [-0.1, -0.05) is 0 Å². The quantitative estimate of drug-likeness (QED) is 0.690. The molecule has 5 nitrogen and oxygen atoms in total. The smallest absolute Gasteiger partial charge is 0.335 e. The van der Waals surface area contributed by atoms with Crippen molar-refractivity contribution in [3.63, 3.8) is 0 Å². The number of carbonyl (C=O) groups excluding carboxylic acids is 1. The number of amides is 1. The van der Waals surface area contributed by atoms with Gasteiger partial charge in [0.1, 0.15) is 0 Å². The summed E-state index contributed by atoms with van der Waals surface area (Å²) in [5, 5.41) is 11.4. The lowest BCUT2D eigenvalue weighted by Gasteiger charge is -2.11. The number of carboxylic acids is 1. The Morgan fingerprint density at radius 2 is 2.22 bits per heavy atom. The summed E-state index contributed by atoms with van der Waals surface area (Å²) in [4.78, 5) is 22.4. The highest BCUT2D eigenvalue weighted by Crippen LogP contribution is 2.15. The molecule has 1 atom stereocenters. The Labute approximate surface area is 105 Å². The summed E-state index contributed by atoms with van der Waals surface area (Å²) in [6.45, 7) is 1.65. The normalized spacial score (nSPS) is 11.4. The average molecular weight is 246 g/mol. The van der Waals surface area contributed by atoms with Crippen LogP contribution in [0, 0.1) is 19.3 Å². The van der Waals surface area contributed by atoms with Crippen molar-refractivity contribution in [3.8, 4) is 12.3 Å². The Kier molecular flexibility index (Phi) is 4.46. The van der Waals surface area contributed by atoms with E-state index in [4.69, 9.17) is 17.3 Å². The molecule has 1 amide bonds. The predicted molar refractivity (Wildman–Crippen MR) is 68.2 cm³/mol. The van der Waals surface area contributed by atoms with Crippen molar-refractivity contribution in [3.05, 3.63) is 29.3 Å². The average Bonchev–Trinajstić information content (AvgIpc) is 2.28. The molecular formula is C13H14N2O3. The SMILES string of the molecule is C#CCC(N)C(=O)Nc1ccc(C(=O)O)c(C)c1. The van der Waals surface area contributed by atoms with Crippen molar-refractivity contribution in [2.45, 2.75) is 19.4 Å². The van der Waals surface area contributed by atoms with Gasteiger partial charge in [0.15, 0.2) is 0 Å². The van der Waals surface area contributed by atoms with Crippen LogP contribution >= 0.6 is 0 Å². The minimum absolute atomic E-state index is 0.151. The van der Waals surface area contributed by atoms with E-state index in [-0.39, 0.29) is 12.0 Å².